The van der Waals surface area contributed by atoms with E-state index in [9.17, 15) is 18.8 Å². The highest BCUT2D eigenvalue weighted by Gasteiger charge is 2.32. The third-order valence-electron chi connectivity index (χ3n) is 5.21. The molecule has 1 aliphatic rings. The Morgan fingerprint density at radius 1 is 1.16 bits per heavy atom. The molecular weight excluding hydrogens is 433 g/mol. The van der Waals surface area contributed by atoms with Crippen molar-refractivity contribution in [1.29, 1.82) is 0 Å². The number of anilines is 1. The van der Waals surface area contributed by atoms with E-state index in [1.165, 1.54) is 13.2 Å². The summed E-state index contributed by atoms with van der Waals surface area (Å²) in [5, 5.41) is 8.04. The fraction of sp³-hybridized carbons (Fsp3) is 0.348. The molecule has 0 radical (unpaired) electrons. The summed E-state index contributed by atoms with van der Waals surface area (Å²) in [6, 6.07) is 10.3. The van der Waals surface area contributed by atoms with Gasteiger partial charge in [0.25, 0.3) is 5.91 Å². The summed E-state index contributed by atoms with van der Waals surface area (Å²) in [5.74, 6) is -1.46. The standard InChI is InChI=1S/C23H28FN3O4S/c1-31-17-8-5-14(6-9-17)21(27-22(29)15-11-20(28)25-13-15)23(30)26-16-7-10-19(18(24)12-16)32(2,3)4/h5-10,12,15,21H,11,13H2,1-4H3,(H,25,28)(H,26,30)(H,27,29)/t15-,21-/m1/s1. The number of benzene rings is 2. The van der Waals surface area contributed by atoms with Crippen LogP contribution in [0.15, 0.2) is 47.4 Å². The van der Waals surface area contributed by atoms with Crippen molar-refractivity contribution in [2.45, 2.75) is 17.4 Å². The van der Waals surface area contributed by atoms with Crippen LogP contribution in [0.3, 0.4) is 0 Å². The molecule has 3 rings (SSSR count). The zero-order chi connectivity index (χ0) is 23.5. The summed E-state index contributed by atoms with van der Waals surface area (Å²) >= 11 is 0. The highest BCUT2D eigenvalue weighted by atomic mass is 32.3. The zero-order valence-electron chi connectivity index (χ0n) is 18.5. The minimum absolute atomic E-state index is 0.0740. The molecule has 0 unspecified atom stereocenters. The number of nitrogens with one attached hydrogen (secondary N) is 3. The van der Waals surface area contributed by atoms with Gasteiger partial charge in [0, 0.05) is 23.5 Å². The Labute approximate surface area is 188 Å². The van der Waals surface area contributed by atoms with Crippen LogP contribution in [0, 0.1) is 11.7 Å². The van der Waals surface area contributed by atoms with Crippen LogP contribution >= 0.6 is 10.0 Å². The highest BCUT2D eigenvalue weighted by Crippen LogP contribution is 2.46. The summed E-state index contributed by atoms with van der Waals surface area (Å²) in [5.41, 5.74) is 0.829. The molecule has 172 valence electrons. The molecule has 0 bridgehead atoms. The van der Waals surface area contributed by atoms with Gasteiger partial charge in [-0.05, 0) is 54.7 Å². The van der Waals surface area contributed by atoms with Crippen molar-refractivity contribution < 1.29 is 23.5 Å². The van der Waals surface area contributed by atoms with Crippen molar-refractivity contribution in [3.63, 3.8) is 0 Å². The highest BCUT2D eigenvalue weighted by molar-refractivity contribution is 8.32. The monoisotopic (exact) mass is 461 g/mol. The normalized spacial score (nSPS) is 17.3. The van der Waals surface area contributed by atoms with Crippen LogP contribution < -0.4 is 20.7 Å². The molecule has 0 saturated carbocycles. The van der Waals surface area contributed by atoms with Gasteiger partial charge in [0.1, 0.15) is 17.6 Å². The van der Waals surface area contributed by atoms with E-state index in [1.54, 1.807) is 36.4 Å². The Morgan fingerprint density at radius 3 is 2.38 bits per heavy atom. The van der Waals surface area contributed by atoms with E-state index in [-0.39, 0.29) is 24.7 Å². The van der Waals surface area contributed by atoms with Gasteiger partial charge in [-0.15, -0.1) is 0 Å². The lowest BCUT2D eigenvalue weighted by Crippen LogP contribution is -2.40. The summed E-state index contributed by atoms with van der Waals surface area (Å²) in [6.45, 7) is 0.226. The molecule has 9 heteroatoms. The predicted molar refractivity (Wildman–Crippen MR) is 124 cm³/mol. The fourth-order valence-electron chi connectivity index (χ4n) is 3.44. The molecule has 3 amide bonds. The molecule has 1 aliphatic heterocycles. The Hall–Kier alpha value is -3.07. The lowest BCUT2D eigenvalue weighted by atomic mass is 10.0. The number of hydrogen-bond acceptors (Lipinski definition) is 4. The number of rotatable bonds is 7. The number of carbonyl (C=O) groups is 3. The molecule has 1 fully saturated rings. The van der Waals surface area contributed by atoms with Crippen LogP contribution in [0.4, 0.5) is 10.1 Å². The first-order chi connectivity index (χ1) is 15.1. The Bertz CT molecular complexity index is 1020. The Kier molecular flexibility index (Phi) is 7.08. The number of halogens is 1. The van der Waals surface area contributed by atoms with E-state index < -0.39 is 33.8 Å². The minimum atomic E-state index is -1.26. The van der Waals surface area contributed by atoms with Gasteiger partial charge >= 0.3 is 0 Å². The van der Waals surface area contributed by atoms with E-state index in [4.69, 9.17) is 4.74 Å². The topological polar surface area (TPSA) is 96.5 Å². The quantitative estimate of drug-likeness (QED) is 0.591. The second kappa shape index (κ2) is 9.60. The summed E-state index contributed by atoms with van der Waals surface area (Å²) in [4.78, 5) is 37.9. The molecule has 2 aromatic rings. The Balaban J connectivity index is 1.83. The molecule has 0 spiro atoms. The van der Waals surface area contributed by atoms with Crippen LogP contribution in [0.2, 0.25) is 0 Å². The number of methoxy groups -OCH3 is 1. The van der Waals surface area contributed by atoms with Crippen molar-refractivity contribution in [1.82, 2.24) is 10.6 Å². The molecule has 1 saturated heterocycles. The predicted octanol–water partition coefficient (Wildman–Crippen LogP) is 2.82. The summed E-state index contributed by atoms with van der Waals surface area (Å²) in [7, 11) is 0.266. The van der Waals surface area contributed by atoms with Crippen LogP contribution in [0.5, 0.6) is 5.75 Å². The molecule has 0 aliphatic carbocycles. The van der Waals surface area contributed by atoms with Gasteiger partial charge < -0.3 is 20.7 Å². The first-order valence-electron chi connectivity index (χ1n) is 10.1. The van der Waals surface area contributed by atoms with Gasteiger partial charge in [0.2, 0.25) is 11.8 Å². The van der Waals surface area contributed by atoms with Crippen LogP contribution in [0.25, 0.3) is 0 Å². The van der Waals surface area contributed by atoms with Crippen LogP contribution in [-0.4, -0.2) is 50.1 Å². The lowest BCUT2D eigenvalue weighted by molar-refractivity contribution is -0.129. The van der Waals surface area contributed by atoms with Crippen molar-refractivity contribution >= 4 is 33.4 Å². The molecule has 3 N–H and O–H groups in total. The number of carbonyl (C=O) groups excluding carboxylic acids is 3. The number of amides is 3. The second-order valence-corrected chi connectivity index (χ2v) is 12.5. The third-order valence-corrected chi connectivity index (χ3v) is 6.86. The van der Waals surface area contributed by atoms with E-state index in [0.717, 1.165) is 0 Å². The first kappa shape index (κ1) is 23.6. The number of ether oxygens (including phenoxy) is 1. The molecule has 0 aromatic heterocycles. The molecule has 32 heavy (non-hydrogen) atoms. The molecule has 2 atom stereocenters. The number of hydrogen-bond donors (Lipinski definition) is 3. The lowest BCUT2D eigenvalue weighted by Gasteiger charge is -2.26. The van der Waals surface area contributed by atoms with Gasteiger partial charge in [0.15, 0.2) is 0 Å². The minimum Gasteiger partial charge on any atom is -0.497 e. The van der Waals surface area contributed by atoms with E-state index in [0.29, 0.717) is 21.9 Å². The molecule has 2 aromatic carbocycles. The zero-order valence-corrected chi connectivity index (χ0v) is 19.3. The van der Waals surface area contributed by atoms with Crippen molar-refractivity contribution in [3.05, 3.63) is 53.8 Å². The van der Waals surface area contributed by atoms with Crippen molar-refractivity contribution in [2.75, 3.05) is 37.7 Å². The smallest absolute Gasteiger partial charge is 0.251 e. The van der Waals surface area contributed by atoms with Gasteiger partial charge in [-0.1, -0.05) is 12.1 Å². The average Bonchev–Trinajstić information content (AvgIpc) is 3.17. The van der Waals surface area contributed by atoms with Gasteiger partial charge in [-0.25, -0.2) is 14.4 Å². The third kappa shape index (κ3) is 5.59. The summed E-state index contributed by atoms with van der Waals surface area (Å²) < 4.78 is 19.8. The van der Waals surface area contributed by atoms with E-state index in [2.05, 4.69) is 16.0 Å². The maximum atomic E-state index is 14.6. The Morgan fingerprint density at radius 2 is 1.84 bits per heavy atom. The SMILES string of the molecule is COc1ccc([C@@H](NC(=O)[C@H]2CNC(=O)C2)C(=O)Nc2ccc(S(C)(C)C)c(F)c2)cc1. The maximum Gasteiger partial charge on any atom is 0.251 e. The fourth-order valence-corrected chi connectivity index (χ4v) is 4.56. The van der Waals surface area contributed by atoms with Crippen molar-refractivity contribution in [3.8, 4) is 5.75 Å². The van der Waals surface area contributed by atoms with E-state index >= 15 is 0 Å². The molecule has 1 heterocycles. The van der Waals surface area contributed by atoms with Crippen molar-refractivity contribution in [2.24, 2.45) is 5.92 Å². The van der Waals surface area contributed by atoms with Crippen LogP contribution in [0.1, 0.15) is 18.0 Å². The van der Waals surface area contributed by atoms with Gasteiger partial charge in [0.05, 0.1) is 13.0 Å². The summed E-state index contributed by atoms with van der Waals surface area (Å²) in [6.07, 6.45) is 6.04. The van der Waals surface area contributed by atoms with Gasteiger partial charge in [-0.3, -0.25) is 14.4 Å². The molecular formula is C23H28FN3O4S. The largest absolute Gasteiger partial charge is 0.497 e. The maximum absolute atomic E-state index is 14.6. The second-order valence-electron chi connectivity index (χ2n) is 8.39. The van der Waals surface area contributed by atoms with Crippen LogP contribution in [-0.2, 0) is 14.4 Å². The van der Waals surface area contributed by atoms with E-state index in [1.807, 2.05) is 18.8 Å². The average molecular weight is 462 g/mol. The molecule has 7 nitrogen and oxygen atoms in total. The first-order valence-corrected chi connectivity index (χ1v) is 12.9. The van der Waals surface area contributed by atoms with Gasteiger partial charge in [-0.2, -0.15) is 0 Å².